The predicted molar refractivity (Wildman–Crippen MR) is 275 cm³/mol. The van der Waals surface area contributed by atoms with Crippen molar-refractivity contribution < 1.29 is 4.42 Å². The van der Waals surface area contributed by atoms with E-state index in [0.29, 0.717) is 0 Å². The van der Waals surface area contributed by atoms with Gasteiger partial charge in [0, 0.05) is 38.3 Å². The number of fused-ring (bicyclic) bond motifs is 11. The monoisotopic (exact) mass is 829 g/mol. The van der Waals surface area contributed by atoms with Crippen LogP contribution in [0.1, 0.15) is 25.0 Å². The lowest BCUT2D eigenvalue weighted by molar-refractivity contribution is 0.660. The molecule has 1 aromatic heterocycles. The van der Waals surface area contributed by atoms with Gasteiger partial charge in [0.2, 0.25) is 0 Å². The molecule has 0 saturated carbocycles. The maximum Gasteiger partial charge on any atom is 0.143 e. The molecule has 0 spiro atoms. The Morgan fingerprint density at radius 1 is 0.338 bits per heavy atom. The summed E-state index contributed by atoms with van der Waals surface area (Å²) >= 11 is 0. The highest BCUT2D eigenvalue weighted by molar-refractivity contribution is 6.19. The maximum absolute atomic E-state index is 6.41. The second kappa shape index (κ2) is 14.4. The number of nitrogens with zero attached hydrogens (tertiary/aromatic N) is 1. The molecule has 0 aliphatic heterocycles. The summed E-state index contributed by atoms with van der Waals surface area (Å²) in [7, 11) is 0. The van der Waals surface area contributed by atoms with E-state index in [1.807, 2.05) is 6.07 Å². The van der Waals surface area contributed by atoms with E-state index >= 15 is 0 Å². The number of hydrogen-bond donors (Lipinski definition) is 0. The van der Waals surface area contributed by atoms with E-state index in [-0.39, 0.29) is 5.41 Å². The molecule has 0 amide bonds. The molecule has 11 aromatic carbocycles. The summed E-state index contributed by atoms with van der Waals surface area (Å²) in [5.74, 6) is 0. The Labute approximate surface area is 378 Å². The summed E-state index contributed by atoms with van der Waals surface area (Å²) in [6, 6.07) is 82.2. The van der Waals surface area contributed by atoms with Crippen molar-refractivity contribution in [1.82, 2.24) is 0 Å². The van der Waals surface area contributed by atoms with E-state index in [2.05, 4.69) is 237 Å². The maximum atomic E-state index is 6.41. The number of rotatable bonds is 6. The van der Waals surface area contributed by atoms with Gasteiger partial charge >= 0.3 is 0 Å². The van der Waals surface area contributed by atoms with E-state index in [9.17, 15) is 0 Å². The smallest absolute Gasteiger partial charge is 0.143 e. The molecule has 65 heavy (non-hydrogen) atoms. The molecule has 306 valence electrons. The highest BCUT2D eigenvalue weighted by atomic mass is 16.3. The van der Waals surface area contributed by atoms with Gasteiger partial charge in [-0.2, -0.15) is 0 Å². The van der Waals surface area contributed by atoms with Gasteiger partial charge in [-0.3, -0.25) is 0 Å². The standard InChI is InChI=1S/C63H43NO/c1-63(2)58-36-44(40-14-4-3-5-15-40)30-34-51(58)52-35-33-47(38-59(52)63)64(60-37-45-16-6-7-17-48(45)49-18-8-10-20-53(49)60)46-31-28-42(29-32-46)41-24-26-43(27-25-41)56-39-57-54-21-12-13-23-61(54)65-62(57)55-22-11-9-19-50(55)56/h3-39H,1-2H3. The number of para-hydroxylation sites is 1. The van der Waals surface area contributed by atoms with Crippen LogP contribution in [0.5, 0.6) is 0 Å². The Bertz CT molecular complexity index is 3840. The minimum absolute atomic E-state index is 0.192. The van der Waals surface area contributed by atoms with E-state index < -0.39 is 0 Å². The Hall–Kier alpha value is -8.20. The molecule has 0 atom stereocenters. The predicted octanol–water partition coefficient (Wildman–Crippen LogP) is 17.8. The quantitative estimate of drug-likeness (QED) is 0.155. The Balaban J connectivity index is 0.915. The molecule has 0 bridgehead atoms. The van der Waals surface area contributed by atoms with Crippen molar-refractivity contribution in [1.29, 1.82) is 0 Å². The topological polar surface area (TPSA) is 16.4 Å². The Morgan fingerprint density at radius 3 is 1.65 bits per heavy atom. The number of furan rings is 1. The van der Waals surface area contributed by atoms with E-state index in [4.69, 9.17) is 4.42 Å². The first-order valence-corrected chi connectivity index (χ1v) is 22.6. The van der Waals surface area contributed by atoms with Crippen LogP contribution in [0.4, 0.5) is 17.1 Å². The molecule has 1 heterocycles. The molecule has 13 rings (SSSR count). The fraction of sp³-hybridized carbons (Fsp3) is 0.0476. The summed E-state index contributed by atoms with van der Waals surface area (Å²) in [4.78, 5) is 2.47. The largest absolute Gasteiger partial charge is 0.455 e. The molecule has 0 fully saturated rings. The van der Waals surface area contributed by atoms with Crippen LogP contribution < -0.4 is 4.90 Å². The average molecular weight is 830 g/mol. The van der Waals surface area contributed by atoms with Crippen LogP contribution in [0.25, 0.3) is 98.8 Å². The van der Waals surface area contributed by atoms with E-state index in [1.54, 1.807) is 0 Å². The number of hydrogen-bond acceptors (Lipinski definition) is 2. The van der Waals surface area contributed by atoms with Gasteiger partial charge in [-0.05, 0) is 126 Å². The average Bonchev–Trinajstić information content (AvgIpc) is 3.85. The van der Waals surface area contributed by atoms with Crippen molar-refractivity contribution in [2.45, 2.75) is 19.3 Å². The van der Waals surface area contributed by atoms with Crippen molar-refractivity contribution in [3.63, 3.8) is 0 Å². The summed E-state index contributed by atoms with van der Waals surface area (Å²) in [6.07, 6.45) is 0. The van der Waals surface area contributed by atoms with Gasteiger partial charge in [0.15, 0.2) is 0 Å². The summed E-state index contributed by atoms with van der Waals surface area (Å²) in [5.41, 5.74) is 17.6. The first-order valence-electron chi connectivity index (χ1n) is 22.6. The third-order valence-electron chi connectivity index (χ3n) is 14.1. The molecule has 1 aliphatic carbocycles. The zero-order valence-electron chi connectivity index (χ0n) is 36.2. The fourth-order valence-electron chi connectivity index (χ4n) is 10.8. The van der Waals surface area contributed by atoms with Crippen molar-refractivity contribution in [2.75, 3.05) is 4.90 Å². The zero-order valence-corrected chi connectivity index (χ0v) is 36.2. The van der Waals surface area contributed by atoms with Crippen molar-refractivity contribution in [2.24, 2.45) is 0 Å². The molecule has 12 aromatic rings. The Morgan fingerprint density at radius 2 is 0.877 bits per heavy atom. The highest BCUT2D eigenvalue weighted by Crippen LogP contribution is 2.52. The van der Waals surface area contributed by atoms with Crippen LogP contribution in [0.15, 0.2) is 229 Å². The van der Waals surface area contributed by atoms with Gasteiger partial charge in [-0.15, -0.1) is 0 Å². The lowest BCUT2D eigenvalue weighted by Gasteiger charge is -2.29. The highest BCUT2D eigenvalue weighted by Gasteiger charge is 2.36. The van der Waals surface area contributed by atoms with Gasteiger partial charge in [0.05, 0.1) is 5.69 Å². The van der Waals surface area contributed by atoms with Gasteiger partial charge in [0.1, 0.15) is 11.2 Å². The second-order valence-corrected chi connectivity index (χ2v) is 18.0. The van der Waals surface area contributed by atoms with Gasteiger partial charge in [0.25, 0.3) is 0 Å². The lowest BCUT2D eigenvalue weighted by Crippen LogP contribution is -2.17. The van der Waals surface area contributed by atoms with Crippen LogP contribution in [0.2, 0.25) is 0 Å². The van der Waals surface area contributed by atoms with Crippen molar-refractivity contribution >= 4 is 71.3 Å². The van der Waals surface area contributed by atoms with Gasteiger partial charge < -0.3 is 9.32 Å². The molecular weight excluding hydrogens is 787 g/mol. The molecule has 0 unspecified atom stereocenters. The normalized spacial score (nSPS) is 12.9. The summed E-state index contributed by atoms with van der Waals surface area (Å²) < 4.78 is 6.41. The second-order valence-electron chi connectivity index (χ2n) is 18.0. The van der Waals surface area contributed by atoms with Crippen LogP contribution in [0, 0.1) is 0 Å². The van der Waals surface area contributed by atoms with Crippen LogP contribution in [-0.4, -0.2) is 0 Å². The first-order chi connectivity index (χ1) is 32.0. The summed E-state index contributed by atoms with van der Waals surface area (Å²) in [6.45, 7) is 4.76. The SMILES string of the molecule is CC1(C)c2cc(-c3ccccc3)ccc2-c2ccc(N(c3ccc(-c4ccc(-c5cc6c7ccccc7oc6c6ccccc56)cc4)cc3)c3cc4ccccc4c4ccccc34)cc21. The van der Waals surface area contributed by atoms with E-state index in [1.165, 1.54) is 82.6 Å². The minimum Gasteiger partial charge on any atom is -0.455 e. The zero-order chi connectivity index (χ0) is 43.2. The molecule has 2 heteroatoms. The molecule has 0 radical (unpaired) electrons. The Kier molecular flexibility index (Phi) is 8.29. The summed E-state index contributed by atoms with van der Waals surface area (Å²) in [5, 5.41) is 9.55. The van der Waals surface area contributed by atoms with Crippen molar-refractivity contribution in [3.8, 4) is 44.5 Å². The molecule has 0 N–H and O–H groups in total. The molecule has 0 saturated heterocycles. The van der Waals surface area contributed by atoms with Crippen LogP contribution >= 0.6 is 0 Å². The molecular formula is C63H43NO. The fourth-order valence-corrected chi connectivity index (χ4v) is 10.8. The molecule has 2 nitrogen and oxygen atoms in total. The minimum atomic E-state index is -0.192. The van der Waals surface area contributed by atoms with Gasteiger partial charge in [-0.25, -0.2) is 0 Å². The van der Waals surface area contributed by atoms with E-state index in [0.717, 1.165) is 44.4 Å². The number of benzene rings is 11. The number of anilines is 3. The van der Waals surface area contributed by atoms with Crippen LogP contribution in [-0.2, 0) is 5.41 Å². The third-order valence-corrected chi connectivity index (χ3v) is 14.1. The lowest BCUT2D eigenvalue weighted by atomic mass is 9.81. The van der Waals surface area contributed by atoms with Crippen LogP contribution in [0.3, 0.4) is 0 Å². The van der Waals surface area contributed by atoms with Crippen molar-refractivity contribution in [3.05, 3.63) is 236 Å². The van der Waals surface area contributed by atoms with Gasteiger partial charge in [-0.1, -0.05) is 190 Å². The third kappa shape index (κ3) is 5.88. The molecule has 1 aliphatic rings. The first kappa shape index (κ1) is 37.4.